The fraction of sp³-hybridized carbons (Fsp3) is 0.500. The normalized spacial score (nSPS) is 21.2. The minimum atomic E-state index is -0.501. The van der Waals surface area contributed by atoms with E-state index in [9.17, 15) is 14.7 Å². The maximum absolute atomic E-state index is 12.1. The summed E-state index contributed by atoms with van der Waals surface area (Å²) in [7, 11) is 1.51. The van der Waals surface area contributed by atoms with Crippen molar-refractivity contribution in [1.82, 2.24) is 4.90 Å². The molecule has 2 aliphatic rings. The Morgan fingerprint density at radius 2 is 1.95 bits per heavy atom. The Kier molecular flexibility index (Phi) is 3.34. The van der Waals surface area contributed by atoms with Crippen LogP contribution in [0.3, 0.4) is 0 Å². The van der Waals surface area contributed by atoms with Crippen LogP contribution < -0.4 is 0 Å². The van der Waals surface area contributed by atoms with Crippen LogP contribution in [0.1, 0.15) is 53.3 Å². The standard InChI is InChI=1S/C16H19NO3/c1-17-14(18)9-11-6-7-12(8-13(11)16(17)20)15(19)10-4-2-3-5-10/h6-8,10,15,19H,2-5,9H2,1H3. The molecule has 4 nitrogen and oxygen atoms in total. The lowest BCUT2D eigenvalue weighted by Crippen LogP contribution is -2.39. The predicted molar refractivity (Wildman–Crippen MR) is 74.2 cm³/mol. The number of benzene rings is 1. The molecule has 0 saturated heterocycles. The lowest BCUT2D eigenvalue weighted by atomic mass is 9.90. The molecule has 4 heteroatoms. The van der Waals surface area contributed by atoms with Crippen molar-refractivity contribution in [2.45, 2.75) is 38.2 Å². The topological polar surface area (TPSA) is 57.6 Å². The number of aliphatic hydroxyl groups excluding tert-OH is 1. The maximum Gasteiger partial charge on any atom is 0.260 e. The van der Waals surface area contributed by atoms with Crippen molar-refractivity contribution in [3.8, 4) is 0 Å². The van der Waals surface area contributed by atoms with Gasteiger partial charge in [-0.1, -0.05) is 25.0 Å². The number of imide groups is 1. The number of hydrogen-bond acceptors (Lipinski definition) is 3. The Morgan fingerprint density at radius 3 is 2.65 bits per heavy atom. The SMILES string of the molecule is CN1C(=O)Cc2ccc(C(O)C3CCCC3)cc2C1=O. The third kappa shape index (κ3) is 2.14. The summed E-state index contributed by atoms with van der Waals surface area (Å²) < 4.78 is 0. The Morgan fingerprint density at radius 1 is 1.25 bits per heavy atom. The molecule has 0 spiro atoms. The largest absolute Gasteiger partial charge is 0.388 e. The smallest absolute Gasteiger partial charge is 0.260 e. The second kappa shape index (κ2) is 5.02. The summed E-state index contributed by atoms with van der Waals surface area (Å²) in [5.41, 5.74) is 2.12. The second-order valence-electron chi connectivity index (χ2n) is 5.84. The number of carbonyl (C=O) groups is 2. The molecule has 1 aromatic rings. The number of carbonyl (C=O) groups excluding carboxylic acids is 2. The molecule has 1 unspecified atom stereocenters. The average molecular weight is 273 g/mol. The van der Waals surface area contributed by atoms with Crippen molar-refractivity contribution in [3.63, 3.8) is 0 Å². The summed E-state index contributed by atoms with van der Waals surface area (Å²) >= 11 is 0. The molecule has 0 radical (unpaired) electrons. The summed E-state index contributed by atoms with van der Waals surface area (Å²) in [6, 6.07) is 5.43. The molecule has 0 aromatic heterocycles. The van der Waals surface area contributed by atoms with Crippen molar-refractivity contribution in [1.29, 1.82) is 0 Å². The van der Waals surface area contributed by atoms with E-state index in [1.54, 1.807) is 6.07 Å². The van der Waals surface area contributed by atoms with Crippen LogP contribution in [0, 0.1) is 5.92 Å². The first kappa shape index (κ1) is 13.3. The summed E-state index contributed by atoms with van der Waals surface area (Å²) in [6.45, 7) is 0. The van der Waals surface area contributed by atoms with Gasteiger partial charge in [-0.3, -0.25) is 14.5 Å². The summed E-state index contributed by atoms with van der Waals surface area (Å²) in [6.07, 6.45) is 4.19. The Hall–Kier alpha value is -1.68. The van der Waals surface area contributed by atoms with Crippen LogP contribution in [0.15, 0.2) is 18.2 Å². The zero-order chi connectivity index (χ0) is 14.3. The van der Waals surface area contributed by atoms with Gasteiger partial charge in [0.2, 0.25) is 5.91 Å². The number of nitrogens with zero attached hydrogens (tertiary/aromatic N) is 1. The molecule has 1 fully saturated rings. The molecule has 106 valence electrons. The molecule has 2 amide bonds. The van der Waals surface area contributed by atoms with E-state index in [0.717, 1.165) is 28.9 Å². The zero-order valence-electron chi connectivity index (χ0n) is 11.6. The van der Waals surface area contributed by atoms with Crippen LogP contribution in [0.2, 0.25) is 0 Å². The van der Waals surface area contributed by atoms with Crippen molar-refractivity contribution in [3.05, 3.63) is 34.9 Å². The molecule has 1 heterocycles. The molecule has 1 atom stereocenters. The summed E-state index contributed by atoms with van der Waals surface area (Å²) in [5.74, 6) is -0.144. The molecule has 1 aliphatic heterocycles. The molecular formula is C16H19NO3. The highest BCUT2D eigenvalue weighted by Crippen LogP contribution is 2.36. The van der Waals surface area contributed by atoms with Gasteiger partial charge in [0.1, 0.15) is 0 Å². The van der Waals surface area contributed by atoms with Crippen LogP contribution in [0.25, 0.3) is 0 Å². The van der Waals surface area contributed by atoms with E-state index < -0.39 is 6.10 Å². The number of rotatable bonds is 2. The zero-order valence-corrected chi connectivity index (χ0v) is 11.6. The molecule has 20 heavy (non-hydrogen) atoms. The minimum absolute atomic E-state index is 0.174. The van der Waals surface area contributed by atoms with E-state index in [2.05, 4.69) is 0 Å². The van der Waals surface area contributed by atoms with E-state index in [0.29, 0.717) is 11.5 Å². The van der Waals surface area contributed by atoms with Crippen molar-refractivity contribution < 1.29 is 14.7 Å². The molecule has 0 bridgehead atoms. The highest BCUT2D eigenvalue weighted by atomic mass is 16.3. The van der Waals surface area contributed by atoms with Gasteiger partial charge in [0.15, 0.2) is 0 Å². The number of hydrogen-bond donors (Lipinski definition) is 1. The monoisotopic (exact) mass is 273 g/mol. The lowest BCUT2D eigenvalue weighted by Gasteiger charge is -2.25. The third-order valence-electron chi connectivity index (χ3n) is 4.57. The first-order valence-electron chi connectivity index (χ1n) is 7.19. The quantitative estimate of drug-likeness (QED) is 0.839. The van der Waals surface area contributed by atoms with Crippen LogP contribution in [-0.2, 0) is 11.2 Å². The third-order valence-corrected chi connectivity index (χ3v) is 4.57. The Labute approximate surface area is 118 Å². The maximum atomic E-state index is 12.1. The van der Waals surface area contributed by atoms with Gasteiger partial charge >= 0.3 is 0 Å². The molecule has 1 aromatic carbocycles. The Balaban J connectivity index is 1.92. The van der Waals surface area contributed by atoms with Gasteiger partial charge in [-0.15, -0.1) is 0 Å². The van der Waals surface area contributed by atoms with E-state index in [4.69, 9.17) is 0 Å². The van der Waals surface area contributed by atoms with Crippen molar-refractivity contribution in [2.24, 2.45) is 5.92 Å². The van der Waals surface area contributed by atoms with Crippen LogP contribution in [-0.4, -0.2) is 28.9 Å². The highest BCUT2D eigenvalue weighted by molar-refractivity contribution is 6.09. The van der Waals surface area contributed by atoms with Gasteiger partial charge in [-0.2, -0.15) is 0 Å². The lowest BCUT2D eigenvalue weighted by molar-refractivity contribution is -0.127. The van der Waals surface area contributed by atoms with Gasteiger partial charge in [0, 0.05) is 12.6 Å². The van der Waals surface area contributed by atoms with Crippen LogP contribution >= 0.6 is 0 Å². The van der Waals surface area contributed by atoms with E-state index in [1.807, 2.05) is 12.1 Å². The molecule has 1 N–H and O–H groups in total. The molecule has 1 saturated carbocycles. The minimum Gasteiger partial charge on any atom is -0.388 e. The number of aliphatic hydroxyl groups is 1. The van der Waals surface area contributed by atoms with Gasteiger partial charge in [0.25, 0.3) is 5.91 Å². The van der Waals surface area contributed by atoms with E-state index >= 15 is 0 Å². The molecule has 1 aliphatic carbocycles. The van der Waals surface area contributed by atoms with Gasteiger partial charge in [-0.05, 0) is 36.0 Å². The van der Waals surface area contributed by atoms with Gasteiger partial charge < -0.3 is 5.11 Å². The first-order chi connectivity index (χ1) is 9.58. The van der Waals surface area contributed by atoms with Crippen molar-refractivity contribution >= 4 is 11.8 Å². The summed E-state index contributed by atoms with van der Waals surface area (Å²) in [5, 5.41) is 10.4. The van der Waals surface area contributed by atoms with E-state index in [1.165, 1.54) is 19.9 Å². The number of fused-ring (bicyclic) bond motifs is 1. The number of amides is 2. The second-order valence-corrected chi connectivity index (χ2v) is 5.84. The van der Waals surface area contributed by atoms with Crippen LogP contribution in [0.5, 0.6) is 0 Å². The predicted octanol–water partition coefficient (Wildman–Crippen LogP) is 2.06. The number of likely N-dealkylation sites (N-methyl/N-ethyl adjacent to an activating group) is 1. The fourth-order valence-corrected chi connectivity index (χ4v) is 3.25. The highest BCUT2D eigenvalue weighted by Gasteiger charge is 2.30. The van der Waals surface area contributed by atoms with Gasteiger partial charge in [-0.25, -0.2) is 0 Å². The molecular weight excluding hydrogens is 254 g/mol. The van der Waals surface area contributed by atoms with Crippen LogP contribution in [0.4, 0.5) is 0 Å². The first-order valence-corrected chi connectivity index (χ1v) is 7.19. The van der Waals surface area contributed by atoms with Crippen molar-refractivity contribution in [2.75, 3.05) is 7.05 Å². The van der Waals surface area contributed by atoms with Gasteiger partial charge in [0.05, 0.1) is 12.5 Å². The summed E-state index contributed by atoms with van der Waals surface area (Å²) in [4.78, 5) is 25.0. The van der Waals surface area contributed by atoms with E-state index in [-0.39, 0.29) is 18.2 Å². The fourth-order valence-electron chi connectivity index (χ4n) is 3.25. The molecule has 3 rings (SSSR count). The average Bonchev–Trinajstić information content (AvgIpc) is 2.98. The Bertz CT molecular complexity index is 561.